The molecule has 3 aliphatic rings. The summed E-state index contributed by atoms with van der Waals surface area (Å²) in [4.78, 5) is 16.8. The molecular weight excluding hydrogens is 407 g/mol. The average Bonchev–Trinajstić information content (AvgIpc) is 3.41. The number of carbonyl (C=O) groups excluding carboxylic acids is 1. The molecule has 2 saturated heterocycles. The molecule has 1 atom stereocenters. The number of carbonyl (C=O) groups is 1. The maximum absolute atomic E-state index is 13.3. The Morgan fingerprint density at radius 3 is 2.48 bits per heavy atom. The van der Waals surface area contributed by atoms with E-state index in [9.17, 15) is 23.1 Å². The highest BCUT2D eigenvalue weighted by Gasteiger charge is 2.49. The number of hydrogen-bond acceptors (Lipinski definition) is 4. The van der Waals surface area contributed by atoms with Gasteiger partial charge in [-0.05, 0) is 49.3 Å². The van der Waals surface area contributed by atoms with Gasteiger partial charge in [-0.3, -0.25) is 4.79 Å². The number of anilines is 1. The smallest absolute Gasteiger partial charge is 0.396 e. The summed E-state index contributed by atoms with van der Waals surface area (Å²) in [6.45, 7) is 2.34. The fourth-order valence-electron chi connectivity index (χ4n) is 5.72. The molecule has 5 nitrogen and oxygen atoms in total. The molecule has 2 aliphatic heterocycles. The largest absolute Gasteiger partial charge is 0.417 e. The molecule has 1 aliphatic carbocycles. The molecule has 0 bridgehead atoms. The Morgan fingerprint density at radius 2 is 1.90 bits per heavy atom. The van der Waals surface area contributed by atoms with Crippen molar-refractivity contribution in [3.63, 3.8) is 0 Å². The van der Waals surface area contributed by atoms with E-state index in [-0.39, 0.29) is 35.3 Å². The van der Waals surface area contributed by atoms with Crippen molar-refractivity contribution in [2.24, 2.45) is 17.3 Å². The molecule has 4 rings (SSSR count). The van der Waals surface area contributed by atoms with Gasteiger partial charge in [-0.25, -0.2) is 0 Å². The number of nitrogens with zero attached hydrogens (tertiary/aromatic N) is 3. The van der Waals surface area contributed by atoms with E-state index in [1.807, 2.05) is 9.80 Å². The van der Waals surface area contributed by atoms with Gasteiger partial charge in [0.15, 0.2) is 0 Å². The van der Waals surface area contributed by atoms with Gasteiger partial charge in [-0.15, -0.1) is 0 Å². The minimum Gasteiger partial charge on any atom is -0.396 e. The summed E-state index contributed by atoms with van der Waals surface area (Å²) in [5.74, 6) is 0.317. The standard InChI is InChI=1S/C23H28F3N3O2/c24-23(25,26)20-11-19(6-5-17(20)12-27)28-9-7-22(8-10-28)15-29(13-18(22)14-30)21(31)16-3-1-2-4-16/h5-6,11,16,18,30H,1-4,7-10,13-15H2. The van der Waals surface area contributed by atoms with E-state index in [4.69, 9.17) is 5.26 Å². The number of amides is 1. The number of aliphatic hydroxyl groups is 1. The predicted molar refractivity (Wildman–Crippen MR) is 109 cm³/mol. The summed E-state index contributed by atoms with van der Waals surface area (Å²) in [5, 5.41) is 19.0. The van der Waals surface area contributed by atoms with Crippen LogP contribution in [0.25, 0.3) is 0 Å². The molecule has 0 aromatic heterocycles. The van der Waals surface area contributed by atoms with Crippen LogP contribution in [0.2, 0.25) is 0 Å². The van der Waals surface area contributed by atoms with Gasteiger partial charge >= 0.3 is 6.18 Å². The van der Waals surface area contributed by atoms with Gasteiger partial charge < -0.3 is 14.9 Å². The van der Waals surface area contributed by atoms with E-state index in [0.29, 0.717) is 44.7 Å². The van der Waals surface area contributed by atoms with E-state index < -0.39 is 11.7 Å². The van der Waals surface area contributed by atoms with Gasteiger partial charge in [0.2, 0.25) is 5.91 Å². The van der Waals surface area contributed by atoms with Crippen LogP contribution in [0.3, 0.4) is 0 Å². The lowest BCUT2D eigenvalue weighted by molar-refractivity contribution is -0.137. The number of piperidine rings is 1. The Kier molecular flexibility index (Phi) is 5.91. The molecule has 31 heavy (non-hydrogen) atoms. The van der Waals surface area contributed by atoms with Crippen LogP contribution in [-0.2, 0) is 11.0 Å². The number of alkyl halides is 3. The highest BCUT2D eigenvalue weighted by atomic mass is 19.4. The van der Waals surface area contributed by atoms with Crippen LogP contribution >= 0.6 is 0 Å². The zero-order chi connectivity index (χ0) is 22.2. The van der Waals surface area contributed by atoms with Gasteiger partial charge in [0.25, 0.3) is 0 Å². The fourth-order valence-corrected chi connectivity index (χ4v) is 5.72. The molecule has 1 saturated carbocycles. The second-order valence-corrected chi connectivity index (χ2v) is 9.27. The minimum absolute atomic E-state index is 0.00621. The zero-order valence-electron chi connectivity index (χ0n) is 17.5. The third kappa shape index (κ3) is 4.12. The van der Waals surface area contributed by atoms with Gasteiger partial charge in [0.1, 0.15) is 0 Å². The van der Waals surface area contributed by atoms with Crippen LogP contribution in [0.5, 0.6) is 0 Å². The quantitative estimate of drug-likeness (QED) is 0.784. The third-order valence-corrected chi connectivity index (χ3v) is 7.60. The molecule has 1 aromatic carbocycles. The van der Waals surface area contributed by atoms with Crippen LogP contribution in [0.1, 0.15) is 49.7 Å². The summed E-state index contributed by atoms with van der Waals surface area (Å²) in [7, 11) is 0. The topological polar surface area (TPSA) is 67.6 Å². The highest BCUT2D eigenvalue weighted by Crippen LogP contribution is 2.46. The predicted octanol–water partition coefficient (Wildman–Crippen LogP) is 3.80. The van der Waals surface area contributed by atoms with Crippen LogP contribution < -0.4 is 4.90 Å². The number of aliphatic hydroxyl groups excluding tert-OH is 1. The van der Waals surface area contributed by atoms with Crippen LogP contribution in [0, 0.1) is 28.6 Å². The van der Waals surface area contributed by atoms with Crippen molar-refractivity contribution >= 4 is 11.6 Å². The molecule has 1 aromatic rings. The molecule has 1 unspecified atom stereocenters. The monoisotopic (exact) mass is 435 g/mol. The molecule has 1 N–H and O–H groups in total. The Balaban J connectivity index is 1.47. The Bertz CT molecular complexity index is 866. The van der Waals surface area contributed by atoms with Crippen molar-refractivity contribution in [3.05, 3.63) is 29.3 Å². The highest BCUT2D eigenvalue weighted by molar-refractivity contribution is 5.79. The van der Waals surface area contributed by atoms with Crippen molar-refractivity contribution in [1.82, 2.24) is 4.90 Å². The first-order chi connectivity index (χ1) is 14.8. The Morgan fingerprint density at radius 1 is 1.23 bits per heavy atom. The summed E-state index contributed by atoms with van der Waals surface area (Å²) in [5.41, 5.74) is -1.00. The first-order valence-electron chi connectivity index (χ1n) is 11.0. The number of benzene rings is 1. The Labute approximate surface area is 180 Å². The van der Waals surface area contributed by atoms with Crippen molar-refractivity contribution in [3.8, 4) is 6.07 Å². The zero-order valence-corrected chi connectivity index (χ0v) is 17.5. The molecule has 1 amide bonds. The van der Waals surface area contributed by atoms with Crippen molar-refractivity contribution in [2.45, 2.75) is 44.7 Å². The molecule has 168 valence electrons. The lowest BCUT2D eigenvalue weighted by Gasteiger charge is -2.43. The molecule has 2 heterocycles. The second-order valence-electron chi connectivity index (χ2n) is 9.27. The van der Waals surface area contributed by atoms with Crippen LogP contribution in [0.15, 0.2) is 18.2 Å². The minimum atomic E-state index is -4.58. The average molecular weight is 435 g/mol. The number of rotatable bonds is 3. The van der Waals surface area contributed by atoms with Gasteiger partial charge in [-0.1, -0.05) is 12.8 Å². The summed E-state index contributed by atoms with van der Waals surface area (Å²) in [6, 6.07) is 5.48. The van der Waals surface area contributed by atoms with Crippen LogP contribution in [-0.4, -0.2) is 48.7 Å². The maximum Gasteiger partial charge on any atom is 0.417 e. The van der Waals surface area contributed by atoms with E-state index in [1.54, 1.807) is 12.1 Å². The fraction of sp³-hybridized carbons (Fsp3) is 0.652. The van der Waals surface area contributed by atoms with E-state index in [0.717, 1.165) is 31.7 Å². The van der Waals surface area contributed by atoms with E-state index in [1.165, 1.54) is 6.07 Å². The van der Waals surface area contributed by atoms with Gasteiger partial charge in [0.05, 0.1) is 17.2 Å². The van der Waals surface area contributed by atoms with E-state index in [2.05, 4.69) is 0 Å². The normalized spacial score (nSPS) is 24.0. The molecule has 1 spiro atoms. The molecular formula is C23H28F3N3O2. The SMILES string of the molecule is N#Cc1ccc(N2CCC3(CC2)CN(C(=O)C2CCCC2)CC3CO)cc1C(F)(F)F. The number of halogens is 3. The summed E-state index contributed by atoms with van der Waals surface area (Å²) in [6.07, 6.45) is 0.936. The Hall–Kier alpha value is -2.27. The summed E-state index contributed by atoms with van der Waals surface area (Å²) >= 11 is 0. The molecule has 0 radical (unpaired) electrons. The van der Waals surface area contributed by atoms with Crippen LogP contribution in [0.4, 0.5) is 18.9 Å². The first-order valence-corrected chi connectivity index (χ1v) is 11.0. The lowest BCUT2D eigenvalue weighted by Crippen LogP contribution is -2.45. The second kappa shape index (κ2) is 8.34. The number of nitriles is 1. The van der Waals surface area contributed by atoms with E-state index >= 15 is 0 Å². The van der Waals surface area contributed by atoms with Crippen molar-refractivity contribution in [2.75, 3.05) is 37.7 Å². The van der Waals surface area contributed by atoms with Crippen molar-refractivity contribution in [1.29, 1.82) is 5.26 Å². The number of likely N-dealkylation sites (tertiary alicyclic amines) is 1. The molecule has 8 heteroatoms. The first kappa shape index (κ1) is 21.9. The third-order valence-electron chi connectivity index (χ3n) is 7.60. The number of hydrogen-bond donors (Lipinski definition) is 1. The van der Waals surface area contributed by atoms with Crippen molar-refractivity contribution < 1.29 is 23.1 Å². The summed E-state index contributed by atoms with van der Waals surface area (Å²) < 4.78 is 40.0. The molecule has 3 fully saturated rings. The maximum atomic E-state index is 13.3. The van der Waals surface area contributed by atoms with Gasteiger partial charge in [-0.2, -0.15) is 18.4 Å². The lowest BCUT2D eigenvalue weighted by atomic mass is 9.71. The van der Waals surface area contributed by atoms with Gasteiger partial charge in [0, 0.05) is 50.3 Å².